The summed E-state index contributed by atoms with van der Waals surface area (Å²) in [6.07, 6.45) is 7.69. The van der Waals surface area contributed by atoms with E-state index in [0.29, 0.717) is 67.3 Å². The Morgan fingerprint density at radius 3 is 1.31 bits per heavy atom. The first-order valence-electron chi connectivity index (χ1n) is 13.2. The Morgan fingerprint density at radius 2 is 0.971 bits per heavy atom. The van der Waals surface area contributed by atoms with Crippen molar-refractivity contribution in [2.24, 2.45) is 0 Å². The van der Waals surface area contributed by atoms with Crippen LogP contribution in [0.25, 0.3) is 6.08 Å². The van der Waals surface area contributed by atoms with E-state index >= 15 is 0 Å². The number of rotatable bonds is 19. The Labute approximate surface area is 212 Å². The third kappa shape index (κ3) is 9.90. The molecule has 0 heterocycles. The van der Waals surface area contributed by atoms with Crippen LogP contribution < -0.4 is 23.7 Å². The molecule has 0 saturated heterocycles. The van der Waals surface area contributed by atoms with E-state index in [4.69, 9.17) is 28.4 Å². The van der Waals surface area contributed by atoms with Crippen LogP contribution in [0.2, 0.25) is 0 Å². The third-order valence-electron chi connectivity index (χ3n) is 4.85. The Hall–Kier alpha value is -2.57. The second-order valence-electron chi connectivity index (χ2n) is 8.29. The molecule has 0 aliphatic rings. The van der Waals surface area contributed by atoms with Crippen molar-refractivity contribution in [1.82, 2.24) is 0 Å². The van der Waals surface area contributed by atoms with Crippen LogP contribution in [0.3, 0.4) is 0 Å². The van der Waals surface area contributed by atoms with Crippen molar-refractivity contribution >= 4 is 12.0 Å². The van der Waals surface area contributed by atoms with Crippen LogP contribution in [0, 0.1) is 0 Å². The highest BCUT2D eigenvalue weighted by Crippen LogP contribution is 2.54. The predicted molar refractivity (Wildman–Crippen MR) is 140 cm³/mol. The zero-order chi connectivity index (χ0) is 26.1. The highest BCUT2D eigenvalue weighted by Gasteiger charge is 2.29. The molecule has 200 valence electrons. The number of hydrogen-bond donors (Lipinski definition) is 0. The SMILES string of the molecule is CCCOc1c(C=CC(=O)OC(C)CC)c(OCCC)c(OCCC)c(OCCC)c1OCCC. The van der Waals surface area contributed by atoms with Gasteiger partial charge in [-0.1, -0.05) is 41.5 Å². The van der Waals surface area contributed by atoms with Gasteiger partial charge in [-0.15, -0.1) is 0 Å². The van der Waals surface area contributed by atoms with Crippen molar-refractivity contribution in [3.63, 3.8) is 0 Å². The quantitative estimate of drug-likeness (QED) is 0.152. The molecule has 0 saturated carbocycles. The Kier molecular flexibility index (Phi) is 15.5. The molecule has 1 rings (SSSR count). The molecular formula is C28H46O7. The van der Waals surface area contributed by atoms with Crippen molar-refractivity contribution in [1.29, 1.82) is 0 Å². The van der Waals surface area contributed by atoms with Crippen LogP contribution in [0.4, 0.5) is 0 Å². The lowest BCUT2D eigenvalue weighted by Gasteiger charge is -2.25. The van der Waals surface area contributed by atoms with Crippen LogP contribution >= 0.6 is 0 Å². The second kappa shape index (κ2) is 17.8. The molecule has 1 unspecified atom stereocenters. The fourth-order valence-corrected chi connectivity index (χ4v) is 2.98. The summed E-state index contributed by atoms with van der Waals surface area (Å²) >= 11 is 0. The van der Waals surface area contributed by atoms with Gasteiger partial charge in [-0.2, -0.15) is 0 Å². The molecule has 0 fully saturated rings. The maximum Gasteiger partial charge on any atom is 0.331 e. The largest absolute Gasteiger partial charge is 0.489 e. The van der Waals surface area contributed by atoms with E-state index in [-0.39, 0.29) is 6.10 Å². The van der Waals surface area contributed by atoms with Gasteiger partial charge in [0, 0.05) is 6.08 Å². The van der Waals surface area contributed by atoms with Gasteiger partial charge >= 0.3 is 5.97 Å². The number of ether oxygens (including phenoxy) is 6. The molecule has 35 heavy (non-hydrogen) atoms. The first-order valence-corrected chi connectivity index (χ1v) is 13.2. The third-order valence-corrected chi connectivity index (χ3v) is 4.85. The normalized spacial score (nSPS) is 11.9. The maximum atomic E-state index is 12.5. The molecule has 7 nitrogen and oxygen atoms in total. The zero-order valence-corrected chi connectivity index (χ0v) is 22.9. The molecule has 0 bridgehead atoms. The van der Waals surface area contributed by atoms with Gasteiger partial charge < -0.3 is 28.4 Å². The lowest BCUT2D eigenvalue weighted by molar-refractivity contribution is -0.142. The molecule has 0 radical (unpaired) electrons. The van der Waals surface area contributed by atoms with Crippen LogP contribution in [0.1, 0.15) is 92.6 Å². The number of carbonyl (C=O) groups is 1. The molecule has 0 spiro atoms. The van der Waals surface area contributed by atoms with E-state index in [1.54, 1.807) is 6.08 Å². The van der Waals surface area contributed by atoms with E-state index in [0.717, 1.165) is 38.5 Å². The van der Waals surface area contributed by atoms with Crippen molar-refractivity contribution < 1.29 is 33.2 Å². The number of carbonyl (C=O) groups excluding carboxylic acids is 1. The molecule has 0 N–H and O–H groups in total. The standard InChI is InChI=1S/C28H46O7/c1-8-16-30-24-22(14-15-23(29)35-21(7)13-6)25(31-17-9-2)27(33-19-11-4)28(34-20-12-5)26(24)32-18-10-3/h14-15,21H,8-13,16-20H2,1-7H3. The first-order chi connectivity index (χ1) is 17.0. The fourth-order valence-electron chi connectivity index (χ4n) is 2.98. The van der Waals surface area contributed by atoms with Crippen molar-refractivity contribution in [2.75, 3.05) is 33.0 Å². The molecule has 7 heteroatoms. The van der Waals surface area contributed by atoms with Gasteiger partial charge in [0.25, 0.3) is 0 Å². The Bertz CT molecular complexity index is 732. The second-order valence-corrected chi connectivity index (χ2v) is 8.29. The average molecular weight is 495 g/mol. The number of hydrogen-bond acceptors (Lipinski definition) is 7. The topological polar surface area (TPSA) is 72.5 Å². The highest BCUT2D eigenvalue weighted by molar-refractivity contribution is 5.90. The van der Waals surface area contributed by atoms with E-state index < -0.39 is 5.97 Å². The monoisotopic (exact) mass is 494 g/mol. The molecule has 1 aromatic rings. The lowest BCUT2D eigenvalue weighted by atomic mass is 10.1. The summed E-state index contributed by atoms with van der Waals surface area (Å²) in [7, 11) is 0. The van der Waals surface area contributed by atoms with Gasteiger partial charge in [0.2, 0.25) is 17.2 Å². The van der Waals surface area contributed by atoms with Crippen molar-refractivity contribution in [2.45, 2.75) is 93.1 Å². The zero-order valence-electron chi connectivity index (χ0n) is 22.9. The first kappa shape index (κ1) is 30.5. The van der Waals surface area contributed by atoms with E-state index in [1.165, 1.54) is 6.08 Å². The van der Waals surface area contributed by atoms with Gasteiger partial charge in [-0.3, -0.25) is 0 Å². The van der Waals surface area contributed by atoms with E-state index in [1.807, 2.05) is 48.5 Å². The summed E-state index contributed by atoms with van der Waals surface area (Å²) in [5.74, 6) is 1.95. The van der Waals surface area contributed by atoms with E-state index in [9.17, 15) is 4.79 Å². The number of esters is 1. The smallest absolute Gasteiger partial charge is 0.331 e. The molecule has 0 aromatic heterocycles. The fraction of sp³-hybridized carbons (Fsp3) is 0.679. The minimum atomic E-state index is -0.430. The maximum absolute atomic E-state index is 12.5. The van der Waals surface area contributed by atoms with Gasteiger partial charge in [0.1, 0.15) is 0 Å². The molecular weight excluding hydrogens is 448 g/mol. The van der Waals surface area contributed by atoms with Gasteiger partial charge in [0.05, 0.1) is 44.7 Å². The number of benzene rings is 1. The molecule has 0 amide bonds. The predicted octanol–water partition coefficient (Wildman–Crippen LogP) is 6.99. The highest BCUT2D eigenvalue weighted by atomic mass is 16.6. The summed E-state index contributed by atoms with van der Waals surface area (Å²) in [6.45, 7) is 16.4. The minimum Gasteiger partial charge on any atom is -0.489 e. The van der Waals surface area contributed by atoms with Crippen LogP contribution in [-0.4, -0.2) is 45.1 Å². The van der Waals surface area contributed by atoms with Crippen LogP contribution in [0.15, 0.2) is 6.08 Å². The minimum absolute atomic E-state index is 0.171. The van der Waals surface area contributed by atoms with E-state index in [2.05, 4.69) is 0 Å². The van der Waals surface area contributed by atoms with Crippen molar-refractivity contribution in [3.05, 3.63) is 11.6 Å². The summed E-state index contributed by atoms with van der Waals surface area (Å²) in [5.41, 5.74) is 0.578. The molecule has 0 aliphatic heterocycles. The van der Waals surface area contributed by atoms with Crippen LogP contribution in [-0.2, 0) is 9.53 Å². The molecule has 0 aliphatic carbocycles. The van der Waals surface area contributed by atoms with Crippen molar-refractivity contribution in [3.8, 4) is 28.7 Å². The summed E-state index contributed by atoms with van der Waals surface area (Å²) in [6, 6.07) is 0. The summed E-state index contributed by atoms with van der Waals surface area (Å²) in [5, 5.41) is 0. The van der Waals surface area contributed by atoms with Gasteiger partial charge in [-0.25, -0.2) is 4.79 Å². The van der Waals surface area contributed by atoms with Gasteiger partial charge in [0.15, 0.2) is 11.5 Å². The summed E-state index contributed by atoms with van der Waals surface area (Å²) in [4.78, 5) is 12.5. The molecule has 1 atom stereocenters. The molecule has 1 aromatic carbocycles. The Morgan fingerprint density at radius 1 is 0.629 bits per heavy atom. The Balaban J connectivity index is 3.85. The van der Waals surface area contributed by atoms with Crippen LogP contribution in [0.5, 0.6) is 28.7 Å². The average Bonchev–Trinajstić information content (AvgIpc) is 2.86. The summed E-state index contributed by atoms with van der Waals surface area (Å²) < 4.78 is 36.4. The lowest BCUT2D eigenvalue weighted by Crippen LogP contribution is -2.12. The van der Waals surface area contributed by atoms with Gasteiger partial charge in [-0.05, 0) is 51.5 Å².